The SMILES string of the molecule is Cc1cc([N+](=O)[O-])cc(Cl)c1N1CCCN(C(=O)c2ccccc2)CC1. The van der Waals surface area contributed by atoms with Gasteiger partial charge in [-0.25, -0.2) is 0 Å². The lowest BCUT2D eigenvalue weighted by Crippen LogP contribution is -2.35. The predicted molar refractivity (Wildman–Crippen MR) is 102 cm³/mol. The molecule has 0 N–H and O–H groups in total. The van der Waals surface area contributed by atoms with E-state index in [1.807, 2.05) is 42.2 Å². The van der Waals surface area contributed by atoms with E-state index in [0.717, 1.165) is 24.2 Å². The van der Waals surface area contributed by atoms with Gasteiger partial charge in [-0.1, -0.05) is 29.8 Å². The van der Waals surface area contributed by atoms with E-state index >= 15 is 0 Å². The van der Waals surface area contributed by atoms with Gasteiger partial charge in [-0.2, -0.15) is 0 Å². The standard InChI is InChI=1S/C19H20ClN3O3/c1-14-12-16(23(25)26)13-17(20)18(14)21-8-5-9-22(11-10-21)19(24)15-6-3-2-4-7-15/h2-4,6-7,12-13H,5,8-11H2,1H3. The maximum Gasteiger partial charge on any atom is 0.271 e. The third-order valence-corrected chi connectivity index (χ3v) is 4.86. The minimum atomic E-state index is -0.439. The number of rotatable bonds is 3. The van der Waals surface area contributed by atoms with E-state index in [2.05, 4.69) is 4.90 Å². The molecule has 0 unspecified atom stereocenters. The van der Waals surface area contributed by atoms with Gasteiger partial charge in [-0.3, -0.25) is 14.9 Å². The van der Waals surface area contributed by atoms with Crippen molar-refractivity contribution in [3.63, 3.8) is 0 Å². The number of nitro benzene ring substituents is 1. The quantitative estimate of drug-likeness (QED) is 0.604. The molecule has 0 atom stereocenters. The summed E-state index contributed by atoms with van der Waals surface area (Å²) in [6.07, 6.45) is 0.811. The number of anilines is 1. The predicted octanol–water partition coefficient (Wildman–Crippen LogP) is 3.91. The molecule has 0 spiro atoms. The van der Waals surface area contributed by atoms with Crippen molar-refractivity contribution in [3.8, 4) is 0 Å². The van der Waals surface area contributed by atoms with Crippen LogP contribution in [0, 0.1) is 17.0 Å². The molecule has 7 heteroatoms. The summed E-state index contributed by atoms with van der Waals surface area (Å²) in [4.78, 5) is 27.2. The van der Waals surface area contributed by atoms with Gasteiger partial charge in [-0.15, -0.1) is 0 Å². The van der Waals surface area contributed by atoms with Crippen LogP contribution in [0.25, 0.3) is 0 Å². The molecule has 1 aliphatic rings. The van der Waals surface area contributed by atoms with Crippen molar-refractivity contribution >= 4 is 28.9 Å². The summed E-state index contributed by atoms with van der Waals surface area (Å²) in [5.74, 6) is 0.0268. The van der Waals surface area contributed by atoms with E-state index in [4.69, 9.17) is 11.6 Å². The fourth-order valence-electron chi connectivity index (χ4n) is 3.33. The molecule has 0 aliphatic carbocycles. The smallest absolute Gasteiger partial charge is 0.271 e. The van der Waals surface area contributed by atoms with Crippen molar-refractivity contribution in [2.75, 3.05) is 31.1 Å². The van der Waals surface area contributed by atoms with Gasteiger partial charge in [0.2, 0.25) is 0 Å². The molecule has 0 aromatic heterocycles. The maximum atomic E-state index is 12.7. The number of amides is 1. The summed E-state index contributed by atoms with van der Waals surface area (Å²) in [6, 6.07) is 12.2. The van der Waals surface area contributed by atoms with Crippen LogP contribution in [0.5, 0.6) is 0 Å². The third kappa shape index (κ3) is 3.80. The van der Waals surface area contributed by atoms with Gasteiger partial charge < -0.3 is 9.80 Å². The van der Waals surface area contributed by atoms with Crippen LogP contribution in [0.1, 0.15) is 22.3 Å². The molecule has 1 fully saturated rings. The van der Waals surface area contributed by atoms with Crippen LogP contribution in [0.15, 0.2) is 42.5 Å². The highest BCUT2D eigenvalue weighted by atomic mass is 35.5. The third-order valence-electron chi connectivity index (χ3n) is 4.57. The number of nitro groups is 1. The molecule has 2 aromatic carbocycles. The highest BCUT2D eigenvalue weighted by Gasteiger charge is 2.23. The molecule has 3 rings (SSSR count). The average Bonchev–Trinajstić information content (AvgIpc) is 2.87. The molecule has 1 amide bonds. The van der Waals surface area contributed by atoms with Crippen LogP contribution in [0.4, 0.5) is 11.4 Å². The molecule has 26 heavy (non-hydrogen) atoms. The minimum absolute atomic E-state index is 0.00745. The Bertz CT molecular complexity index is 803. The number of halogens is 1. The molecular formula is C19H20ClN3O3. The molecule has 0 saturated carbocycles. The lowest BCUT2D eigenvalue weighted by molar-refractivity contribution is -0.384. The molecule has 2 aromatic rings. The summed E-state index contributed by atoms with van der Waals surface area (Å²) in [5, 5.41) is 11.4. The Kier molecular flexibility index (Phi) is 5.42. The fourth-order valence-corrected chi connectivity index (χ4v) is 3.71. The Morgan fingerprint density at radius 1 is 1.12 bits per heavy atom. The van der Waals surface area contributed by atoms with Crippen molar-refractivity contribution in [1.82, 2.24) is 4.90 Å². The maximum absolute atomic E-state index is 12.7. The van der Waals surface area contributed by atoms with Gasteiger partial charge in [0.05, 0.1) is 15.6 Å². The average molecular weight is 374 g/mol. The Morgan fingerprint density at radius 2 is 1.85 bits per heavy atom. The minimum Gasteiger partial charge on any atom is -0.368 e. The van der Waals surface area contributed by atoms with Crippen molar-refractivity contribution in [2.45, 2.75) is 13.3 Å². The highest BCUT2D eigenvalue weighted by molar-refractivity contribution is 6.33. The van der Waals surface area contributed by atoms with Crippen LogP contribution in [0.3, 0.4) is 0 Å². The number of non-ortho nitro benzene ring substituents is 1. The molecule has 6 nitrogen and oxygen atoms in total. The first-order valence-electron chi connectivity index (χ1n) is 8.51. The second-order valence-corrected chi connectivity index (χ2v) is 6.76. The summed E-state index contributed by atoms with van der Waals surface area (Å²) in [5.41, 5.74) is 2.26. The number of carbonyl (C=O) groups excluding carboxylic acids is 1. The molecule has 1 saturated heterocycles. The van der Waals surface area contributed by atoms with Crippen molar-refractivity contribution in [3.05, 3.63) is 68.7 Å². The van der Waals surface area contributed by atoms with E-state index in [1.54, 1.807) is 6.07 Å². The van der Waals surface area contributed by atoms with E-state index in [1.165, 1.54) is 6.07 Å². The largest absolute Gasteiger partial charge is 0.368 e. The first kappa shape index (κ1) is 18.2. The normalized spacial score (nSPS) is 14.8. The monoisotopic (exact) mass is 373 g/mol. The molecule has 136 valence electrons. The van der Waals surface area contributed by atoms with Crippen LogP contribution in [-0.2, 0) is 0 Å². The first-order chi connectivity index (χ1) is 12.5. The van der Waals surface area contributed by atoms with Gasteiger partial charge in [0.25, 0.3) is 11.6 Å². The molecule has 1 aliphatic heterocycles. The van der Waals surface area contributed by atoms with Crippen LogP contribution in [0.2, 0.25) is 5.02 Å². The van der Waals surface area contributed by atoms with Gasteiger partial charge >= 0.3 is 0 Å². The summed E-state index contributed by atoms with van der Waals surface area (Å²) in [7, 11) is 0. The summed E-state index contributed by atoms with van der Waals surface area (Å²) in [6.45, 7) is 4.47. The summed E-state index contributed by atoms with van der Waals surface area (Å²) >= 11 is 6.33. The Balaban J connectivity index is 1.77. The van der Waals surface area contributed by atoms with Crippen molar-refractivity contribution in [1.29, 1.82) is 0 Å². The zero-order valence-electron chi connectivity index (χ0n) is 14.5. The lowest BCUT2D eigenvalue weighted by atomic mass is 10.1. The number of carbonyl (C=O) groups is 1. The first-order valence-corrected chi connectivity index (χ1v) is 8.89. The van der Waals surface area contributed by atoms with Crippen LogP contribution >= 0.6 is 11.6 Å². The Hall–Kier alpha value is -2.60. The highest BCUT2D eigenvalue weighted by Crippen LogP contribution is 2.34. The van der Waals surface area contributed by atoms with Crippen molar-refractivity contribution < 1.29 is 9.72 Å². The number of benzene rings is 2. The van der Waals surface area contributed by atoms with E-state index in [0.29, 0.717) is 30.2 Å². The fraction of sp³-hybridized carbons (Fsp3) is 0.316. The molecule has 1 heterocycles. The second-order valence-electron chi connectivity index (χ2n) is 6.35. The number of nitrogens with zero attached hydrogens (tertiary/aromatic N) is 3. The Labute approximate surface area is 157 Å². The second kappa shape index (κ2) is 7.74. The van der Waals surface area contributed by atoms with Gasteiger partial charge in [-0.05, 0) is 31.0 Å². The van der Waals surface area contributed by atoms with Crippen LogP contribution in [-0.4, -0.2) is 41.9 Å². The molecule has 0 bridgehead atoms. The molecular weight excluding hydrogens is 354 g/mol. The van der Waals surface area contributed by atoms with Crippen molar-refractivity contribution in [2.24, 2.45) is 0 Å². The van der Waals surface area contributed by atoms with E-state index < -0.39 is 4.92 Å². The number of hydrogen-bond donors (Lipinski definition) is 0. The van der Waals surface area contributed by atoms with E-state index in [9.17, 15) is 14.9 Å². The number of hydrogen-bond acceptors (Lipinski definition) is 4. The van der Waals surface area contributed by atoms with E-state index in [-0.39, 0.29) is 11.6 Å². The lowest BCUT2D eigenvalue weighted by Gasteiger charge is -2.26. The molecule has 0 radical (unpaired) electrons. The number of aryl methyl sites for hydroxylation is 1. The van der Waals surface area contributed by atoms with Crippen LogP contribution < -0.4 is 4.90 Å². The summed E-state index contributed by atoms with van der Waals surface area (Å²) < 4.78 is 0. The van der Waals surface area contributed by atoms with Gasteiger partial charge in [0.1, 0.15) is 0 Å². The van der Waals surface area contributed by atoms with Gasteiger partial charge in [0, 0.05) is 43.9 Å². The Morgan fingerprint density at radius 3 is 2.50 bits per heavy atom. The topological polar surface area (TPSA) is 66.7 Å². The zero-order valence-corrected chi connectivity index (χ0v) is 15.3. The van der Waals surface area contributed by atoms with Gasteiger partial charge in [0.15, 0.2) is 0 Å². The zero-order chi connectivity index (χ0) is 18.7.